The van der Waals surface area contributed by atoms with Gasteiger partial charge < -0.3 is 10.1 Å². The lowest BCUT2D eigenvalue weighted by atomic mass is 9.86. The van der Waals surface area contributed by atoms with E-state index >= 15 is 0 Å². The number of carbonyl (C=O) groups excluding carboxylic acids is 2. The third-order valence-electron chi connectivity index (χ3n) is 5.20. The van der Waals surface area contributed by atoms with Gasteiger partial charge in [0.15, 0.2) is 5.78 Å². The molecular weight excluding hydrogens is 354 g/mol. The van der Waals surface area contributed by atoms with Crippen molar-refractivity contribution in [2.75, 3.05) is 6.61 Å². The smallest absolute Gasteiger partial charge is 0.233 e. The molecule has 1 aromatic rings. The summed E-state index contributed by atoms with van der Waals surface area (Å²) in [5.74, 6) is 1.47. The van der Waals surface area contributed by atoms with Gasteiger partial charge in [-0.1, -0.05) is 32.1 Å². The van der Waals surface area contributed by atoms with Crippen LogP contribution in [0.15, 0.2) is 16.8 Å². The molecular formula is C19H27NO3S2. The third kappa shape index (κ3) is 5.31. The summed E-state index contributed by atoms with van der Waals surface area (Å²) >= 11 is 3.40. The Morgan fingerprint density at radius 1 is 1.40 bits per heavy atom. The molecule has 1 N–H and O–H groups in total. The fourth-order valence-corrected chi connectivity index (χ4v) is 5.63. The number of hydrogen-bond acceptors (Lipinski definition) is 5. The van der Waals surface area contributed by atoms with Gasteiger partial charge in [-0.25, -0.2) is 0 Å². The average molecular weight is 382 g/mol. The predicted molar refractivity (Wildman–Crippen MR) is 103 cm³/mol. The first-order valence-corrected chi connectivity index (χ1v) is 11.2. The van der Waals surface area contributed by atoms with Crippen molar-refractivity contribution >= 4 is 34.8 Å². The quantitative estimate of drug-likeness (QED) is 0.781. The largest absolute Gasteiger partial charge is 0.368 e. The first-order chi connectivity index (χ1) is 12.1. The van der Waals surface area contributed by atoms with E-state index in [4.69, 9.17) is 4.74 Å². The summed E-state index contributed by atoms with van der Waals surface area (Å²) in [6.45, 7) is 1.96. The Labute approximate surface area is 158 Å². The molecule has 1 amide bonds. The first kappa shape index (κ1) is 18.9. The van der Waals surface area contributed by atoms with E-state index < -0.39 is 6.04 Å². The molecule has 2 heterocycles. The molecule has 2 fully saturated rings. The van der Waals surface area contributed by atoms with Gasteiger partial charge >= 0.3 is 0 Å². The molecule has 1 aliphatic carbocycles. The highest BCUT2D eigenvalue weighted by molar-refractivity contribution is 7.99. The Balaban J connectivity index is 1.61. The van der Waals surface area contributed by atoms with Gasteiger partial charge in [0.05, 0.1) is 11.4 Å². The van der Waals surface area contributed by atoms with Gasteiger partial charge in [-0.3, -0.25) is 9.59 Å². The summed E-state index contributed by atoms with van der Waals surface area (Å²) in [6.07, 6.45) is 7.02. The van der Waals surface area contributed by atoms with Gasteiger partial charge in [-0.15, -0.1) is 11.8 Å². The summed E-state index contributed by atoms with van der Waals surface area (Å²) in [6, 6.07) is 1.63. The zero-order valence-electron chi connectivity index (χ0n) is 14.7. The summed E-state index contributed by atoms with van der Waals surface area (Å²) in [4.78, 5) is 24.8. The minimum absolute atomic E-state index is 0.00139. The van der Waals surface area contributed by atoms with Crippen LogP contribution in [0.5, 0.6) is 0 Å². The van der Waals surface area contributed by atoms with E-state index in [1.54, 1.807) is 23.1 Å². The molecule has 0 bridgehead atoms. The minimum Gasteiger partial charge on any atom is -0.368 e. The topological polar surface area (TPSA) is 55.4 Å². The molecule has 3 rings (SSSR count). The zero-order chi connectivity index (χ0) is 17.6. The molecule has 1 saturated carbocycles. The molecule has 2 aliphatic rings. The highest BCUT2D eigenvalue weighted by Crippen LogP contribution is 2.32. The van der Waals surface area contributed by atoms with Crippen molar-refractivity contribution in [2.45, 2.75) is 68.6 Å². The highest BCUT2D eigenvalue weighted by Gasteiger charge is 2.36. The fourth-order valence-electron chi connectivity index (χ4n) is 3.65. The van der Waals surface area contributed by atoms with Gasteiger partial charge in [0.2, 0.25) is 5.91 Å². The minimum atomic E-state index is -0.483. The van der Waals surface area contributed by atoms with E-state index in [9.17, 15) is 9.59 Å². The molecule has 6 heteroatoms. The zero-order valence-corrected chi connectivity index (χ0v) is 16.4. The number of ketones is 1. The van der Waals surface area contributed by atoms with Crippen LogP contribution in [-0.4, -0.2) is 35.7 Å². The summed E-state index contributed by atoms with van der Waals surface area (Å²) in [5.41, 5.74) is 1.27. The van der Waals surface area contributed by atoms with Crippen LogP contribution in [-0.2, 0) is 20.1 Å². The second kappa shape index (κ2) is 9.19. The van der Waals surface area contributed by atoms with Crippen LogP contribution in [0.25, 0.3) is 0 Å². The molecule has 1 aliphatic heterocycles. The monoisotopic (exact) mass is 381 g/mol. The number of rotatable bonds is 7. The van der Waals surface area contributed by atoms with Crippen molar-refractivity contribution in [1.29, 1.82) is 0 Å². The number of amides is 1. The number of carbonyl (C=O) groups is 2. The highest BCUT2D eigenvalue weighted by atomic mass is 32.2. The van der Waals surface area contributed by atoms with Gasteiger partial charge in [0.1, 0.15) is 12.6 Å². The van der Waals surface area contributed by atoms with E-state index in [1.807, 2.05) is 6.92 Å². The van der Waals surface area contributed by atoms with Crippen molar-refractivity contribution in [1.82, 2.24) is 5.32 Å². The molecule has 3 atom stereocenters. The average Bonchev–Trinajstić information content (AvgIpc) is 3.24. The van der Waals surface area contributed by atoms with Gasteiger partial charge in [-0.2, -0.15) is 11.3 Å². The van der Waals surface area contributed by atoms with Crippen molar-refractivity contribution < 1.29 is 14.3 Å². The van der Waals surface area contributed by atoms with E-state index in [0.29, 0.717) is 5.92 Å². The maximum Gasteiger partial charge on any atom is 0.233 e. The van der Waals surface area contributed by atoms with Crippen LogP contribution < -0.4 is 5.32 Å². The Hall–Kier alpha value is -0.850. The van der Waals surface area contributed by atoms with E-state index in [-0.39, 0.29) is 29.7 Å². The van der Waals surface area contributed by atoms with E-state index in [1.165, 1.54) is 37.7 Å². The second-order valence-electron chi connectivity index (χ2n) is 7.14. The molecule has 138 valence electrons. The second-order valence-corrected chi connectivity index (χ2v) is 9.11. The molecule has 1 aromatic heterocycles. The summed E-state index contributed by atoms with van der Waals surface area (Å²) < 4.78 is 5.36. The lowest BCUT2D eigenvalue weighted by molar-refractivity contribution is -0.126. The molecule has 1 saturated heterocycles. The van der Waals surface area contributed by atoms with Crippen LogP contribution in [0.3, 0.4) is 0 Å². The Kier molecular flexibility index (Phi) is 6.96. The van der Waals surface area contributed by atoms with Crippen LogP contribution >= 0.6 is 23.1 Å². The molecule has 0 radical (unpaired) electrons. The van der Waals surface area contributed by atoms with Gasteiger partial charge in [-0.05, 0) is 41.7 Å². The fraction of sp³-hybridized carbons (Fsp3) is 0.684. The molecule has 3 unspecified atom stereocenters. The molecule has 25 heavy (non-hydrogen) atoms. The molecule has 0 aromatic carbocycles. The third-order valence-corrected chi connectivity index (χ3v) is 7.24. The number of thioether (sulfide) groups is 1. The number of Topliss-reactive ketones (excluding diaryl/α,β-unsaturated/α-hetero) is 1. The molecule has 0 spiro atoms. The Bertz CT molecular complexity index is 569. The van der Waals surface area contributed by atoms with Crippen LogP contribution in [0.1, 0.15) is 51.0 Å². The van der Waals surface area contributed by atoms with Gasteiger partial charge in [0, 0.05) is 5.75 Å². The Morgan fingerprint density at radius 2 is 2.20 bits per heavy atom. The lowest BCUT2D eigenvalue weighted by Crippen LogP contribution is -2.47. The standard InChI is InChI=1S/C19H27NO3S2/c1-13-18(16(21)10-23-13)20-19(22)17(9-14-5-3-2-4-6-14)25-12-15-7-8-24-11-15/h7-8,11,13-14,17-18H,2-6,9-10,12H2,1H3,(H,20,22). The predicted octanol–water partition coefficient (Wildman–Crippen LogP) is 3.79. The number of ether oxygens (including phenoxy) is 1. The van der Waals surface area contributed by atoms with Crippen LogP contribution in [0.2, 0.25) is 0 Å². The number of hydrogen-bond donors (Lipinski definition) is 1. The number of thiophene rings is 1. The maximum absolute atomic E-state index is 12.9. The summed E-state index contributed by atoms with van der Waals surface area (Å²) in [5, 5.41) is 7.08. The summed E-state index contributed by atoms with van der Waals surface area (Å²) in [7, 11) is 0. The van der Waals surface area contributed by atoms with Crippen molar-refractivity contribution in [2.24, 2.45) is 5.92 Å². The van der Waals surface area contributed by atoms with Gasteiger partial charge in [0.25, 0.3) is 0 Å². The van der Waals surface area contributed by atoms with Crippen LogP contribution in [0, 0.1) is 5.92 Å². The Morgan fingerprint density at radius 3 is 2.84 bits per heavy atom. The van der Waals surface area contributed by atoms with E-state index in [0.717, 1.165) is 12.2 Å². The number of nitrogens with one attached hydrogen (secondary N) is 1. The molecule has 4 nitrogen and oxygen atoms in total. The van der Waals surface area contributed by atoms with E-state index in [2.05, 4.69) is 22.1 Å². The maximum atomic E-state index is 12.9. The SMILES string of the molecule is CC1OCC(=O)C1NC(=O)C(CC1CCCCC1)SCc1ccsc1. The van der Waals surface area contributed by atoms with Crippen molar-refractivity contribution in [3.05, 3.63) is 22.4 Å². The van der Waals surface area contributed by atoms with Crippen molar-refractivity contribution in [3.63, 3.8) is 0 Å². The first-order valence-electron chi connectivity index (χ1n) is 9.21. The van der Waals surface area contributed by atoms with Crippen LogP contribution in [0.4, 0.5) is 0 Å². The normalized spacial score (nSPS) is 25.9. The lowest BCUT2D eigenvalue weighted by Gasteiger charge is -2.27. The van der Waals surface area contributed by atoms with Crippen molar-refractivity contribution in [3.8, 4) is 0 Å².